The molecule has 2 heterocycles. The van der Waals surface area contributed by atoms with Crippen molar-refractivity contribution in [3.63, 3.8) is 0 Å². The summed E-state index contributed by atoms with van der Waals surface area (Å²) in [6.07, 6.45) is 1.66. The maximum absolute atomic E-state index is 12.9. The highest BCUT2D eigenvalue weighted by atomic mass is 79.9. The summed E-state index contributed by atoms with van der Waals surface area (Å²) in [6.45, 7) is 0.428. The van der Waals surface area contributed by atoms with E-state index in [4.69, 9.17) is 23.7 Å². The molecule has 0 saturated carbocycles. The molecule has 5 rings (SSSR count). The van der Waals surface area contributed by atoms with E-state index in [1.165, 1.54) is 0 Å². The lowest BCUT2D eigenvalue weighted by Crippen LogP contribution is -2.12. The molecule has 0 radical (unpaired) electrons. The zero-order valence-corrected chi connectivity index (χ0v) is 19.7. The Labute approximate surface area is 204 Å². The Balaban J connectivity index is 1.32. The van der Waals surface area contributed by atoms with E-state index in [1.807, 2.05) is 12.1 Å². The van der Waals surface area contributed by atoms with Crippen molar-refractivity contribution in [2.75, 3.05) is 20.5 Å². The smallest absolute Gasteiger partial charge is 0.231 e. The maximum atomic E-state index is 12.9. The van der Waals surface area contributed by atoms with Crippen molar-refractivity contribution >= 4 is 33.6 Å². The molecular formula is C26H19BrO7. The van der Waals surface area contributed by atoms with Crippen LogP contribution in [-0.2, 0) is 11.3 Å². The summed E-state index contributed by atoms with van der Waals surface area (Å²) in [4.78, 5) is 25.3. The fraction of sp³-hybridized carbons (Fsp3) is 0.154. The molecule has 3 aromatic rings. The normalized spacial score (nSPS) is 15.2. The Hall–Kier alpha value is -3.62. The summed E-state index contributed by atoms with van der Waals surface area (Å²) >= 11 is 3.48. The van der Waals surface area contributed by atoms with E-state index < -0.39 is 0 Å². The molecule has 0 unspecified atom stereocenters. The zero-order chi connectivity index (χ0) is 23.7. The second-order valence-corrected chi connectivity index (χ2v) is 8.55. The third kappa shape index (κ3) is 4.42. The van der Waals surface area contributed by atoms with Gasteiger partial charge in [0.05, 0.1) is 19.3 Å². The van der Waals surface area contributed by atoms with Crippen molar-refractivity contribution in [2.24, 2.45) is 0 Å². The minimum absolute atomic E-state index is 0.147. The quantitative estimate of drug-likeness (QED) is 0.325. The highest BCUT2D eigenvalue weighted by molar-refractivity contribution is 9.10. The summed E-state index contributed by atoms with van der Waals surface area (Å²) < 4.78 is 28.4. The third-order valence-electron chi connectivity index (χ3n) is 5.41. The topological polar surface area (TPSA) is 80.3 Å². The summed E-state index contributed by atoms with van der Waals surface area (Å²) in [7, 11) is 1.57. The average molecular weight is 523 g/mol. The number of halogens is 1. The van der Waals surface area contributed by atoms with Crippen molar-refractivity contribution in [3.05, 3.63) is 87.1 Å². The molecule has 0 saturated heterocycles. The second kappa shape index (κ2) is 9.32. The molecule has 172 valence electrons. The number of fused-ring (bicyclic) bond motifs is 2. The van der Waals surface area contributed by atoms with Gasteiger partial charge in [0.25, 0.3) is 0 Å². The number of benzene rings is 3. The molecule has 0 aromatic heterocycles. The summed E-state index contributed by atoms with van der Waals surface area (Å²) in [6, 6.07) is 15.5. The Morgan fingerprint density at radius 3 is 2.68 bits per heavy atom. The monoisotopic (exact) mass is 522 g/mol. The first-order valence-corrected chi connectivity index (χ1v) is 11.2. The molecule has 0 aliphatic carbocycles. The second-order valence-electron chi connectivity index (χ2n) is 7.63. The van der Waals surface area contributed by atoms with Crippen LogP contribution in [0.3, 0.4) is 0 Å². The molecule has 0 atom stereocenters. The van der Waals surface area contributed by atoms with Crippen molar-refractivity contribution in [2.45, 2.75) is 6.61 Å². The van der Waals surface area contributed by atoms with Gasteiger partial charge in [0.2, 0.25) is 5.78 Å². The van der Waals surface area contributed by atoms with Crippen LogP contribution in [0.15, 0.2) is 64.8 Å². The summed E-state index contributed by atoms with van der Waals surface area (Å²) in [5.41, 5.74) is 2.54. The van der Waals surface area contributed by atoms with Gasteiger partial charge in [-0.05, 0) is 54.6 Å². The van der Waals surface area contributed by atoms with E-state index in [1.54, 1.807) is 55.7 Å². The summed E-state index contributed by atoms with van der Waals surface area (Å²) in [5.74, 6) is 1.90. The number of hydrogen-bond acceptors (Lipinski definition) is 7. The van der Waals surface area contributed by atoms with Gasteiger partial charge < -0.3 is 23.7 Å². The third-order valence-corrected chi connectivity index (χ3v) is 5.87. The number of rotatable bonds is 6. The van der Waals surface area contributed by atoms with Gasteiger partial charge in [0, 0.05) is 27.2 Å². The standard InChI is InChI=1S/C26H19BrO7/c1-30-19-4-2-15(3-5-19)22(28)13-32-20-6-7-21-23(11-20)34-24(25(21)29)10-16-8-18(27)9-17-12-31-14-33-26(16)17/h2-11H,12-14H2,1H3/b24-10-. The summed E-state index contributed by atoms with van der Waals surface area (Å²) in [5, 5.41) is 0. The molecule has 0 spiro atoms. The van der Waals surface area contributed by atoms with Gasteiger partial charge in [0.15, 0.2) is 24.9 Å². The average Bonchev–Trinajstić information content (AvgIpc) is 3.16. The van der Waals surface area contributed by atoms with E-state index in [0.717, 1.165) is 10.0 Å². The molecule has 0 fully saturated rings. The van der Waals surface area contributed by atoms with Gasteiger partial charge >= 0.3 is 0 Å². The molecule has 2 aliphatic rings. The Morgan fingerprint density at radius 1 is 1.09 bits per heavy atom. The van der Waals surface area contributed by atoms with Crippen LogP contribution in [0, 0.1) is 0 Å². The first-order chi connectivity index (χ1) is 16.5. The number of carbonyl (C=O) groups is 2. The van der Waals surface area contributed by atoms with Crippen LogP contribution in [0.4, 0.5) is 0 Å². The van der Waals surface area contributed by atoms with Crippen molar-refractivity contribution < 1.29 is 33.3 Å². The first kappa shape index (κ1) is 22.2. The molecule has 0 amide bonds. The Bertz CT molecular complexity index is 1310. The minimum Gasteiger partial charge on any atom is -0.497 e. The molecule has 0 N–H and O–H groups in total. The molecule has 34 heavy (non-hydrogen) atoms. The Morgan fingerprint density at radius 2 is 1.88 bits per heavy atom. The van der Waals surface area contributed by atoms with Gasteiger partial charge in [-0.3, -0.25) is 9.59 Å². The highest BCUT2D eigenvalue weighted by Gasteiger charge is 2.29. The number of ketones is 2. The van der Waals surface area contributed by atoms with Crippen LogP contribution in [0.5, 0.6) is 23.0 Å². The van der Waals surface area contributed by atoms with E-state index in [9.17, 15) is 9.59 Å². The van der Waals surface area contributed by atoms with Crippen LogP contribution in [-0.4, -0.2) is 32.1 Å². The van der Waals surface area contributed by atoms with Gasteiger partial charge in [-0.1, -0.05) is 15.9 Å². The van der Waals surface area contributed by atoms with Crippen LogP contribution >= 0.6 is 15.9 Å². The Kier molecular flexibility index (Phi) is 6.08. The lowest BCUT2D eigenvalue weighted by molar-refractivity contribution is -0.0165. The van der Waals surface area contributed by atoms with Crippen LogP contribution < -0.4 is 18.9 Å². The van der Waals surface area contributed by atoms with Crippen molar-refractivity contribution in [1.82, 2.24) is 0 Å². The van der Waals surface area contributed by atoms with E-state index >= 15 is 0 Å². The largest absolute Gasteiger partial charge is 0.497 e. The van der Waals surface area contributed by atoms with Gasteiger partial charge in [-0.2, -0.15) is 0 Å². The number of hydrogen-bond donors (Lipinski definition) is 0. The number of allylic oxidation sites excluding steroid dienone is 1. The predicted molar refractivity (Wildman–Crippen MR) is 127 cm³/mol. The molecule has 7 nitrogen and oxygen atoms in total. The van der Waals surface area contributed by atoms with E-state index in [2.05, 4.69) is 15.9 Å². The number of Topliss-reactive ketones (excluding diaryl/α,β-unsaturated/α-hetero) is 2. The fourth-order valence-electron chi connectivity index (χ4n) is 3.72. The van der Waals surface area contributed by atoms with Gasteiger partial charge in [0.1, 0.15) is 23.0 Å². The molecule has 3 aromatic carbocycles. The molecule has 8 heteroatoms. The molecular weight excluding hydrogens is 504 g/mol. The first-order valence-electron chi connectivity index (χ1n) is 10.4. The van der Waals surface area contributed by atoms with Crippen LogP contribution in [0.2, 0.25) is 0 Å². The highest BCUT2D eigenvalue weighted by Crippen LogP contribution is 2.38. The fourth-order valence-corrected chi connectivity index (χ4v) is 4.25. The van der Waals surface area contributed by atoms with Crippen molar-refractivity contribution in [1.29, 1.82) is 0 Å². The van der Waals surface area contributed by atoms with E-state index in [0.29, 0.717) is 46.3 Å². The SMILES string of the molecule is COc1ccc(C(=O)COc2ccc3c(c2)O/C(=C\c2cc(Br)cc4c2OCOC4)C3=O)cc1. The van der Waals surface area contributed by atoms with E-state index in [-0.39, 0.29) is 30.7 Å². The van der Waals surface area contributed by atoms with Crippen molar-refractivity contribution in [3.8, 4) is 23.0 Å². The predicted octanol–water partition coefficient (Wildman–Crippen LogP) is 5.20. The lowest BCUT2D eigenvalue weighted by Gasteiger charge is -2.20. The van der Waals surface area contributed by atoms with Gasteiger partial charge in [-0.15, -0.1) is 0 Å². The number of carbonyl (C=O) groups excluding carboxylic acids is 2. The van der Waals surface area contributed by atoms with Crippen LogP contribution in [0.25, 0.3) is 6.08 Å². The van der Waals surface area contributed by atoms with Gasteiger partial charge in [-0.25, -0.2) is 0 Å². The minimum atomic E-state index is -0.239. The number of ether oxygens (including phenoxy) is 5. The molecule has 2 aliphatic heterocycles. The number of methoxy groups -OCH3 is 1. The zero-order valence-electron chi connectivity index (χ0n) is 18.1. The van der Waals surface area contributed by atoms with Crippen LogP contribution in [0.1, 0.15) is 31.8 Å². The molecule has 0 bridgehead atoms. The maximum Gasteiger partial charge on any atom is 0.231 e. The lowest BCUT2D eigenvalue weighted by atomic mass is 10.1.